The summed E-state index contributed by atoms with van der Waals surface area (Å²) < 4.78 is 1.10. The highest BCUT2D eigenvalue weighted by molar-refractivity contribution is 9.10. The second-order valence-electron chi connectivity index (χ2n) is 5.04. The molecule has 0 aliphatic carbocycles. The summed E-state index contributed by atoms with van der Waals surface area (Å²) in [5.74, 6) is 0. The van der Waals surface area contributed by atoms with Crippen molar-refractivity contribution in [2.45, 2.75) is 39.5 Å². The molecule has 1 aromatic rings. The second kappa shape index (κ2) is 7.12. The monoisotopic (exact) mass is 314 g/mol. The van der Waals surface area contributed by atoms with Gasteiger partial charge in [-0.1, -0.05) is 35.8 Å². The topological polar surface area (TPSA) is 35.5 Å². The zero-order valence-corrected chi connectivity index (χ0v) is 13.2. The van der Waals surface area contributed by atoms with Crippen molar-refractivity contribution in [3.8, 4) is 0 Å². The van der Waals surface area contributed by atoms with Crippen molar-refractivity contribution in [1.29, 1.82) is 0 Å². The first kappa shape index (κ1) is 15.5. The van der Waals surface area contributed by atoms with Crippen molar-refractivity contribution in [3.63, 3.8) is 0 Å². The molecule has 1 rings (SSSR count). The first-order chi connectivity index (χ1) is 8.40. The van der Waals surface area contributed by atoms with Crippen molar-refractivity contribution in [2.75, 3.05) is 18.5 Å². The molecule has 0 heterocycles. The van der Waals surface area contributed by atoms with E-state index in [2.05, 4.69) is 58.2 Å². The molecule has 0 saturated carbocycles. The number of aliphatic hydroxyl groups is 1. The molecule has 0 aliphatic heterocycles. The number of nitrogens with one attached hydrogen (secondary N) is 1. The molecule has 102 valence electrons. The van der Waals surface area contributed by atoms with Gasteiger partial charge in [0.15, 0.2) is 0 Å². The molecule has 0 aliphatic rings. The van der Waals surface area contributed by atoms with Gasteiger partial charge in [0.25, 0.3) is 0 Å². The van der Waals surface area contributed by atoms with Crippen molar-refractivity contribution in [1.82, 2.24) is 5.32 Å². The Morgan fingerprint density at radius 3 is 2.50 bits per heavy atom. The number of aliphatic hydroxyl groups excluding tert-OH is 1. The van der Waals surface area contributed by atoms with E-state index in [1.807, 2.05) is 7.05 Å². The lowest BCUT2D eigenvalue weighted by Gasteiger charge is -2.22. The van der Waals surface area contributed by atoms with Crippen molar-refractivity contribution < 1.29 is 5.11 Å². The molecular weight excluding hydrogens is 292 g/mol. The predicted molar refractivity (Wildman–Crippen MR) is 81.1 cm³/mol. The molecule has 0 aromatic heterocycles. The Morgan fingerprint density at radius 2 is 2.00 bits per heavy atom. The number of likely N-dealkylation sites (N-methyl/N-ethyl adjacent to an activating group) is 1. The summed E-state index contributed by atoms with van der Waals surface area (Å²) in [6.45, 7) is 7.57. The van der Waals surface area contributed by atoms with Crippen LogP contribution in [0.25, 0.3) is 0 Å². The normalized spacial score (nSPS) is 12.8. The van der Waals surface area contributed by atoms with Gasteiger partial charge in [0, 0.05) is 36.3 Å². The van der Waals surface area contributed by atoms with Crippen LogP contribution in [0.5, 0.6) is 0 Å². The van der Waals surface area contributed by atoms with Gasteiger partial charge in [-0.25, -0.2) is 0 Å². The van der Waals surface area contributed by atoms with Gasteiger partial charge < -0.3 is 15.3 Å². The average Bonchev–Trinajstić information content (AvgIpc) is 2.26. The van der Waals surface area contributed by atoms with Crippen LogP contribution in [0.3, 0.4) is 0 Å². The van der Waals surface area contributed by atoms with E-state index in [4.69, 9.17) is 0 Å². The third-order valence-corrected chi connectivity index (χ3v) is 3.45. The fourth-order valence-corrected chi connectivity index (χ4v) is 2.24. The summed E-state index contributed by atoms with van der Waals surface area (Å²) in [4.78, 5) is 2.05. The molecule has 4 heteroatoms. The summed E-state index contributed by atoms with van der Waals surface area (Å²) in [6.07, 6.45) is -0.323. The Hall–Kier alpha value is -0.580. The summed E-state index contributed by atoms with van der Waals surface area (Å²) in [6, 6.07) is 6.78. The van der Waals surface area contributed by atoms with Gasteiger partial charge in [-0.2, -0.15) is 0 Å². The molecule has 18 heavy (non-hydrogen) atoms. The van der Waals surface area contributed by atoms with E-state index >= 15 is 0 Å². The van der Waals surface area contributed by atoms with Crippen LogP contribution in [0.1, 0.15) is 26.3 Å². The van der Waals surface area contributed by atoms with Crippen molar-refractivity contribution in [3.05, 3.63) is 28.2 Å². The van der Waals surface area contributed by atoms with Crippen LogP contribution >= 0.6 is 15.9 Å². The predicted octanol–water partition coefficient (Wildman–Crippen LogP) is 2.76. The molecule has 0 bridgehead atoms. The largest absolute Gasteiger partial charge is 0.392 e. The molecule has 2 N–H and O–H groups in total. The van der Waals surface area contributed by atoms with Crippen LogP contribution in [-0.2, 0) is 6.54 Å². The summed E-state index contributed by atoms with van der Waals surface area (Å²) in [5.41, 5.74) is 2.36. The number of rotatable bonds is 6. The number of hydrogen-bond acceptors (Lipinski definition) is 3. The lowest BCUT2D eigenvalue weighted by atomic mass is 10.2. The maximum absolute atomic E-state index is 9.39. The van der Waals surface area contributed by atoms with Crippen LogP contribution in [0.15, 0.2) is 22.7 Å². The molecule has 1 atom stereocenters. The van der Waals surface area contributed by atoms with Gasteiger partial charge in [0.2, 0.25) is 0 Å². The number of anilines is 1. The van der Waals surface area contributed by atoms with Crippen LogP contribution in [-0.4, -0.2) is 30.8 Å². The maximum atomic E-state index is 9.39. The molecule has 3 nitrogen and oxygen atoms in total. The molecule has 0 spiro atoms. The summed E-state index contributed by atoms with van der Waals surface area (Å²) in [5, 5.41) is 12.8. The Labute approximate surface area is 118 Å². The quantitative estimate of drug-likeness (QED) is 0.847. The molecule has 0 amide bonds. The molecule has 0 fully saturated rings. The minimum Gasteiger partial charge on any atom is -0.392 e. The van der Waals surface area contributed by atoms with E-state index in [9.17, 15) is 5.11 Å². The zero-order chi connectivity index (χ0) is 13.7. The third-order valence-electron chi connectivity index (χ3n) is 2.72. The summed E-state index contributed by atoms with van der Waals surface area (Å²) >= 11 is 3.60. The lowest BCUT2D eigenvalue weighted by molar-refractivity contribution is 0.201. The molecule has 1 aromatic carbocycles. The Balaban J connectivity index is 2.72. The van der Waals surface area contributed by atoms with Crippen LogP contribution in [0, 0.1) is 0 Å². The van der Waals surface area contributed by atoms with Crippen LogP contribution in [0.2, 0.25) is 0 Å². The Morgan fingerprint density at radius 1 is 1.33 bits per heavy atom. The van der Waals surface area contributed by atoms with Crippen LogP contribution < -0.4 is 10.2 Å². The van der Waals surface area contributed by atoms with Gasteiger partial charge in [-0.05, 0) is 24.6 Å². The number of halogens is 1. The van der Waals surface area contributed by atoms with E-state index in [0.29, 0.717) is 12.6 Å². The van der Waals surface area contributed by atoms with E-state index < -0.39 is 0 Å². The molecular formula is C14H23BrN2O. The SMILES string of the molecule is CC(O)CN(C)c1ccc(CNC(C)C)c(Br)c1. The van der Waals surface area contributed by atoms with Crippen molar-refractivity contribution >= 4 is 21.6 Å². The smallest absolute Gasteiger partial charge is 0.0686 e. The minimum absolute atomic E-state index is 0.323. The van der Waals surface area contributed by atoms with E-state index in [0.717, 1.165) is 16.7 Å². The fourth-order valence-electron chi connectivity index (χ4n) is 1.73. The Kier molecular flexibility index (Phi) is 6.12. The van der Waals surface area contributed by atoms with Crippen molar-refractivity contribution in [2.24, 2.45) is 0 Å². The molecule has 1 unspecified atom stereocenters. The first-order valence-electron chi connectivity index (χ1n) is 6.31. The summed E-state index contributed by atoms with van der Waals surface area (Å²) in [7, 11) is 1.99. The van der Waals surface area contributed by atoms with Crippen LogP contribution in [0.4, 0.5) is 5.69 Å². The standard InChI is InChI=1S/C14H23BrN2O/c1-10(2)16-8-12-5-6-13(7-14(12)15)17(4)9-11(3)18/h5-7,10-11,16,18H,8-9H2,1-4H3. The third kappa shape index (κ3) is 4.96. The zero-order valence-electron chi connectivity index (χ0n) is 11.6. The van der Waals surface area contributed by atoms with E-state index in [1.54, 1.807) is 6.92 Å². The van der Waals surface area contributed by atoms with Gasteiger partial charge in [-0.3, -0.25) is 0 Å². The van der Waals surface area contributed by atoms with Gasteiger partial charge in [0.1, 0.15) is 0 Å². The number of benzene rings is 1. The van der Waals surface area contributed by atoms with Gasteiger partial charge in [0.05, 0.1) is 6.10 Å². The number of hydrogen-bond donors (Lipinski definition) is 2. The highest BCUT2D eigenvalue weighted by atomic mass is 79.9. The highest BCUT2D eigenvalue weighted by Crippen LogP contribution is 2.23. The van der Waals surface area contributed by atoms with Gasteiger partial charge in [-0.15, -0.1) is 0 Å². The minimum atomic E-state index is -0.323. The second-order valence-corrected chi connectivity index (χ2v) is 5.90. The number of nitrogens with zero attached hydrogens (tertiary/aromatic N) is 1. The Bertz CT molecular complexity index is 380. The first-order valence-corrected chi connectivity index (χ1v) is 7.10. The molecule has 0 saturated heterocycles. The maximum Gasteiger partial charge on any atom is 0.0686 e. The van der Waals surface area contributed by atoms with Gasteiger partial charge >= 0.3 is 0 Å². The molecule has 0 radical (unpaired) electrons. The fraction of sp³-hybridized carbons (Fsp3) is 0.571. The average molecular weight is 315 g/mol. The van der Waals surface area contributed by atoms with E-state index in [-0.39, 0.29) is 6.10 Å². The highest BCUT2D eigenvalue weighted by Gasteiger charge is 2.07. The lowest BCUT2D eigenvalue weighted by Crippen LogP contribution is -2.27. The van der Waals surface area contributed by atoms with E-state index in [1.165, 1.54) is 5.56 Å².